The number of nitrogens with one attached hydrogen (secondary N) is 2. The smallest absolute Gasteiger partial charge is 0.227 e. The number of piperidine rings is 1. The lowest BCUT2D eigenvalue weighted by molar-refractivity contribution is -0.131. The Labute approximate surface area is 107 Å². The van der Waals surface area contributed by atoms with Crippen LogP contribution in [0.15, 0.2) is 30.3 Å². The summed E-state index contributed by atoms with van der Waals surface area (Å²) in [6.45, 7) is 1.91. The van der Waals surface area contributed by atoms with Crippen molar-refractivity contribution in [3.8, 4) is 0 Å². The van der Waals surface area contributed by atoms with Crippen LogP contribution in [-0.4, -0.2) is 37.0 Å². The number of rotatable bonds is 1. The van der Waals surface area contributed by atoms with Crippen molar-refractivity contribution in [3.05, 3.63) is 35.9 Å². The van der Waals surface area contributed by atoms with Crippen LogP contribution in [0.2, 0.25) is 0 Å². The zero-order valence-corrected chi connectivity index (χ0v) is 10.6. The Kier molecular flexibility index (Phi) is 3.06. The van der Waals surface area contributed by atoms with Crippen molar-refractivity contribution in [3.63, 3.8) is 0 Å². The topological polar surface area (TPSA) is 44.4 Å². The summed E-state index contributed by atoms with van der Waals surface area (Å²) in [5.41, 5.74) is 1.13. The first-order valence-electron chi connectivity index (χ1n) is 6.54. The van der Waals surface area contributed by atoms with Crippen molar-refractivity contribution in [1.82, 2.24) is 15.5 Å². The maximum absolute atomic E-state index is 12.2. The largest absolute Gasteiger partial charge is 0.336 e. The number of nitrogens with zero attached hydrogens (tertiary/aromatic N) is 1. The van der Waals surface area contributed by atoms with E-state index in [-0.39, 0.29) is 18.0 Å². The molecule has 1 aromatic carbocycles. The molecule has 96 valence electrons. The van der Waals surface area contributed by atoms with Gasteiger partial charge in [0.05, 0.1) is 5.92 Å². The number of fused-ring (bicyclic) bond motifs is 1. The highest BCUT2D eigenvalue weighted by molar-refractivity contribution is 5.81. The average Bonchev–Trinajstić information content (AvgIpc) is 2.40. The lowest BCUT2D eigenvalue weighted by Gasteiger charge is -2.43. The zero-order chi connectivity index (χ0) is 12.5. The molecule has 0 aromatic heterocycles. The molecular formula is C14H19N3O. The van der Waals surface area contributed by atoms with E-state index >= 15 is 0 Å². The molecule has 3 rings (SSSR count). The van der Waals surface area contributed by atoms with Crippen LogP contribution in [0.25, 0.3) is 0 Å². The lowest BCUT2D eigenvalue weighted by atomic mass is 9.88. The van der Waals surface area contributed by atoms with Gasteiger partial charge in [0.1, 0.15) is 6.17 Å². The van der Waals surface area contributed by atoms with Crippen LogP contribution in [0.4, 0.5) is 0 Å². The zero-order valence-electron chi connectivity index (χ0n) is 10.6. The van der Waals surface area contributed by atoms with Gasteiger partial charge in [0, 0.05) is 12.6 Å². The molecule has 2 fully saturated rings. The third kappa shape index (κ3) is 2.13. The van der Waals surface area contributed by atoms with E-state index in [0.29, 0.717) is 6.04 Å². The van der Waals surface area contributed by atoms with Crippen LogP contribution in [-0.2, 0) is 4.79 Å². The molecular weight excluding hydrogens is 226 g/mol. The van der Waals surface area contributed by atoms with E-state index in [9.17, 15) is 4.79 Å². The van der Waals surface area contributed by atoms with Gasteiger partial charge in [0.2, 0.25) is 5.91 Å². The number of likely N-dealkylation sites (tertiary alicyclic amines) is 1. The Balaban J connectivity index is 1.77. The quantitative estimate of drug-likeness (QED) is 0.766. The molecule has 0 saturated carbocycles. The Bertz CT molecular complexity index is 434. The molecule has 3 unspecified atom stereocenters. The first-order valence-corrected chi connectivity index (χ1v) is 6.54. The van der Waals surface area contributed by atoms with Crippen molar-refractivity contribution >= 4 is 5.91 Å². The Morgan fingerprint density at radius 3 is 2.83 bits per heavy atom. The molecule has 0 aliphatic carbocycles. The van der Waals surface area contributed by atoms with Crippen molar-refractivity contribution in [2.75, 3.05) is 20.1 Å². The standard InChI is InChI=1S/C14H19N3O/c1-17-8-7-12-11(9-17)14(18)16-13(15-12)10-5-3-2-4-6-10/h2-6,11-13,15H,7-9H2,1H3,(H,16,18). The molecule has 3 atom stereocenters. The fourth-order valence-corrected chi connectivity index (χ4v) is 2.91. The lowest BCUT2D eigenvalue weighted by Crippen LogP contribution is -2.61. The van der Waals surface area contributed by atoms with E-state index in [1.165, 1.54) is 0 Å². The Hall–Kier alpha value is -1.39. The molecule has 4 heteroatoms. The van der Waals surface area contributed by atoms with Gasteiger partial charge in [-0.15, -0.1) is 0 Å². The first-order chi connectivity index (χ1) is 8.74. The van der Waals surface area contributed by atoms with E-state index in [4.69, 9.17) is 0 Å². The fraction of sp³-hybridized carbons (Fsp3) is 0.500. The second-order valence-electron chi connectivity index (χ2n) is 5.28. The van der Waals surface area contributed by atoms with Crippen molar-refractivity contribution in [1.29, 1.82) is 0 Å². The van der Waals surface area contributed by atoms with Crippen LogP contribution in [0.1, 0.15) is 18.2 Å². The van der Waals surface area contributed by atoms with Gasteiger partial charge in [0.15, 0.2) is 0 Å². The molecule has 18 heavy (non-hydrogen) atoms. The number of carbonyl (C=O) groups excluding carboxylic acids is 1. The second-order valence-corrected chi connectivity index (χ2v) is 5.28. The minimum atomic E-state index is -0.0386. The van der Waals surface area contributed by atoms with Crippen molar-refractivity contribution in [2.24, 2.45) is 5.92 Å². The Morgan fingerprint density at radius 1 is 1.28 bits per heavy atom. The van der Waals surface area contributed by atoms with Gasteiger partial charge >= 0.3 is 0 Å². The summed E-state index contributed by atoms with van der Waals surface area (Å²) in [5.74, 6) is 0.267. The third-order valence-corrected chi connectivity index (χ3v) is 3.95. The number of carbonyl (C=O) groups is 1. The van der Waals surface area contributed by atoms with Crippen LogP contribution < -0.4 is 10.6 Å². The molecule has 0 radical (unpaired) electrons. The monoisotopic (exact) mass is 245 g/mol. The minimum Gasteiger partial charge on any atom is -0.336 e. The van der Waals surface area contributed by atoms with Gasteiger partial charge in [-0.1, -0.05) is 30.3 Å². The number of amides is 1. The normalized spacial score (nSPS) is 32.7. The molecule has 4 nitrogen and oxygen atoms in total. The minimum absolute atomic E-state index is 0.0386. The van der Waals surface area contributed by atoms with Crippen LogP contribution in [0, 0.1) is 5.92 Å². The molecule has 2 heterocycles. The maximum Gasteiger partial charge on any atom is 0.227 e. The molecule has 0 spiro atoms. The molecule has 2 N–H and O–H groups in total. The van der Waals surface area contributed by atoms with E-state index in [2.05, 4.69) is 22.6 Å². The van der Waals surface area contributed by atoms with Gasteiger partial charge in [-0.25, -0.2) is 0 Å². The van der Waals surface area contributed by atoms with Crippen molar-refractivity contribution in [2.45, 2.75) is 18.6 Å². The fourth-order valence-electron chi connectivity index (χ4n) is 2.91. The van der Waals surface area contributed by atoms with Crippen LogP contribution in [0.5, 0.6) is 0 Å². The third-order valence-electron chi connectivity index (χ3n) is 3.95. The van der Waals surface area contributed by atoms with E-state index < -0.39 is 0 Å². The van der Waals surface area contributed by atoms with Gasteiger partial charge in [0.25, 0.3) is 0 Å². The van der Waals surface area contributed by atoms with Gasteiger partial charge in [-0.05, 0) is 25.6 Å². The maximum atomic E-state index is 12.2. The number of hydrogen-bond donors (Lipinski definition) is 2. The molecule has 0 bridgehead atoms. The highest BCUT2D eigenvalue weighted by Gasteiger charge is 2.39. The molecule has 1 aromatic rings. The SMILES string of the molecule is CN1CCC2NC(c3ccccc3)NC(=O)C2C1. The van der Waals surface area contributed by atoms with E-state index in [1.807, 2.05) is 30.3 Å². The van der Waals surface area contributed by atoms with Crippen molar-refractivity contribution < 1.29 is 4.79 Å². The van der Waals surface area contributed by atoms with E-state index in [0.717, 1.165) is 25.1 Å². The predicted molar refractivity (Wildman–Crippen MR) is 69.9 cm³/mol. The van der Waals surface area contributed by atoms with Gasteiger partial charge in [-0.2, -0.15) is 0 Å². The van der Waals surface area contributed by atoms with Gasteiger partial charge < -0.3 is 10.2 Å². The molecule has 2 saturated heterocycles. The van der Waals surface area contributed by atoms with E-state index in [1.54, 1.807) is 0 Å². The summed E-state index contributed by atoms with van der Waals surface area (Å²) in [7, 11) is 2.08. The summed E-state index contributed by atoms with van der Waals surface area (Å²) in [6.07, 6.45) is 1.00. The second kappa shape index (κ2) is 4.71. The summed E-state index contributed by atoms with van der Waals surface area (Å²) < 4.78 is 0. The highest BCUT2D eigenvalue weighted by Crippen LogP contribution is 2.24. The highest BCUT2D eigenvalue weighted by atomic mass is 16.2. The first kappa shape index (κ1) is 11.7. The molecule has 2 aliphatic heterocycles. The summed E-state index contributed by atoms with van der Waals surface area (Å²) >= 11 is 0. The summed E-state index contributed by atoms with van der Waals surface area (Å²) in [5, 5.41) is 6.64. The van der Waals surface area contributed by atoms with Gasteiger partial charge in [-0.3, -0.25) is 10.1 Å². The number of benzene rings is 1. The van der Waals surface area contributed by atoms with Crippen LogP contribution >= 0.6 is 0 Å². The predicted octanol–water partition coefficient (Wildman–Crippen LogP) is 0.725. The van der Waals surface area contributed by atoms with Crippen LogP contribution in [0.3, 0.4) is 0 Å². The Morgan fingerprint density at radius 2 is 2.06 bits per heavy atom. The average molecular weight is 245 g/mol. The molecule has 1 amide bonds. The summed E-state index contributed by atoms with van der Waals surface area (Å²) in [6, 6.07) is 10.4. The number of hydrogen-bond acceptors (Lipinski definition) is 3. The molecule has 2 aliphatic rings. The summed E-state index contributed by atoms with van der Waals surface area (Å²) in [4.78, 5) is 14.4.